The highest BCUT2D eigenvalue weighted by Gasteiger charge is 2.23. The van der Waals surface area contributed by atoms with Gasteiger partial charge in [0.05, 0.1) is 11.1 Å². The first-order valence-corrected chi connectivity index (χ1v) is 12.8. The van der Waals surface area contributed by atoms with E-state index in [0.29, 0.717) is 15.9 Å². The number of aryl methyl sites for hydroxylation is 2. The van der Waals surface area contributed by atoms with Gasteiger partial charge in [-0.25, -0.2) is 4.98 Å². The molecule has 0 fully saturated rings. The first-order chi connectivity index (χ1) is 14.6. The summed E-state index contributed by atoms with van der Waals surface area (Å²) in [5, 5.41) is 2.24. The molecular weight excluding hydrogens is 500 g/mol. The first-order valence-electron chi connectivity index (χ1n) is 9.80. The summed E-state index contributed by atoms with van der Waals surface area (Å²) in [6.07, 6.45) is 4.36. The van der Waals surface area contributed by atoms with Gasteiger partial charge in [-0.15, -0.1) is 11.3 Å². The second-order valence-corrected chi connectivity index (χ2v) is 10.7. The second kappa shape index (κ2) is 8.50. The summed E-state index contributed by atoms with van der Waals surface area (Å²) in [5.74, 6) is 0.695. The molecule has 0 N–H and O–H groups in total. The summed E-state index contributed by atoms with van der Waals surface area (Å²) >= 11 is 12.9. The lowest BCUT2D eigenvalue weighted by Gasteiger charge is -2.14. The van der Waals surface area contributed by atoms with Gasteiger partial charge in [-0.05, 0) is 73.2 Å². The van der Waals surface area contributed by atoms with E-state index in [1.807, 2.05) is 48.5 Å². The number of rotatable bonds is 4. The van der Waals surface area contributed by atoms with Crippen molar-refractivity contribution < 1.29 is 0 Å². The first kappa shape index (κ1) is 20.3. The number of nitrogens with zero attached hydrogens (tertiary/aromatic N) is 2. The molecule has 0 radical (unpaired) electrons. The minimum atomic E-state index is 0.0373. The van der Waals surface area contributed by atoms with Crippen LogP contribution < -0.4 is 5.56 Å². The minimum Gasteiger partial charge on any atom is -0.268 e. The summed E-state index contributed by atoms with van der Waals surface area (Å²) < 4.78 is 2.75. The van der Waals surface area contributed by atoms with E-state index in [2.05, 4.69) is 15.9 Å². The van der Waals surface area contributed by atoms with Crippen molar-refractivity contribution in [2.45, 2.75) is 36.6 Å². The van der Waals surface area contributed by atoms with Gasteiger partial charge in [-0.3, -0.25) is 9.36 Å². The Morgan fingerprint density at radius 1 is 1.13 bits per heavy atom. The quantitative estimate of drug-likeness (QED) is 0.215. The van der Waals surface area contributed by atoms with Crippen LogP contribution in [0, 0.1) is 0 Å². The minimum absolute atomic E-state index is 0.0373. The monoisotopic (exact) mass is 516 g/mol. The van der Waals surface area contributed by atoms with Crippen LogP contribution in [-0.4, -0.2) is 9.55 Å². The zero-order valence-corrected chi connectivity index (χ0v) is 20.0. The molecule has 30 heavy (non-hydrogen) atoms. The van der Waals surface area contributed by atoms with E-state index in [1.54, 1.807) is 27.7 Å². The van der Waals surface area contributed by atoms with Gasteiger partial charge >= 0.3 is 0 Å². The molecule has 3 nitrogen and oxygen atoms in total. The molecule has 1 aliphatic rings. The normalized spacial score (nSPS) is 13.5. The highest BCUT2D eigenvalue weighted by molar-refractivity contribution is 9.10. The van der Waals surface area contributed by atoms with Crippen molar-refractivity contribution >= 4 is 60.8 Å². The molecule has 4 aromatic rings. The number of halogens is 2. The van der Waals surface area contributed by atoms with Crippen molar-refractivity contribution in [3.63, 3.8) is 0 Å². The number of aromatic nitrogens is 2. The Kier molecular flexibility index (Phi) is 5.75. The van der Waals surface area contributed by atoms with Crippen LogP contribution >= 0.6 is 50.6 Å². The lowest BCUT2D eigenvalue weighted by molar-refractivity contribution is 0.699. The predicted octanol–water partition coefficient (Wildman–Crippen LogP) is 7.03. The van der Waals surface area contributed by atoms with Gasteiger partial charge in [0, 0.05) is 20.1 Å². The van der Waals surface area contributed by atoms with Gasteiger partial charge in [0.2, 0.25) is 0 Å². The van der Waals surface area contributed by atoms with E-state index < -0.39 is 0 Å². The average Bonchev–Trinajstić information content (AvgIpc) is 3.12. The number of thioether (sulfide) groups is 1. The molecule has 0 bridgehead atoms. The van der Waals surface area contributed by atoms with E-state index in [4.69, 9.17) is 16.6 Å². The maximum atomic E-state index is 13.7. The van der Waals surface area contributed by atoms with Crippen LogP contribution in [0.15, 0.2) is 63.0 Å². The molecule has 7 heteroatoms. The number of benzene rings is 2. The van der Waals surface area contributed by atoms with Gasteiger partial charge in [-0.1, -0.05) is 51.4 Å². The van der Waals surface area contributed by atoms with E-state index in [9.17, 15) is 4.79 Å². The second-order valence-electron chi connectivity index (χ2n) is 7.32. The third kappa shape index (κ3) is 3.86. The Bertz CT molecular complexity index is 1300. The molecule has 2 aromatic carbocycles. The van der Waals surface area contributed by atoms with Crippen molar-refractivity contribution in [1.29, 1.82) is 0 Å². The van der Waals surface area contributed by atoms with Crippen molar-refractivity contribution in [2.24, 2.45) is 0 Å². The average molecular weight is 518 g/mol. The van der Waals surface area contributed by atoms with Crippen LogP contribution in [0.3, 0.4) is 0 Å². The number of hydrogen-bond donors (Lipinski definition) is 0. The Balaban J connectivity index is 1.66. The Morgan fingerprint density at radius 2 is 1.93 bits per heavy atom. The van der Waals surface area contributed by atoms with E-state index >= 15 is 0 Å². The lowest BCUT2D eigenvalue weighted by Crippen LogP contribution is -2.22. The molecule has 0 aliphatic heterocycles. The third-order valence-corrected chi connectivity index (χ3v) is 8.26. The molecule has 0 saturated carbocycles. The van der Waals surface area contributed by atoms with E-state index in [-0.39, 0.29) is 5.56 Å². The Hall–Kier alpha value is -1.60. The van der Waals surface area contributed by atoms with Gasteiger partial charge in [0.1, 0.15) is 4.83 Å². The molecule has 0 unspecified atom stereocenters. The molecule has 0 saturated heterocycles. The molecule has 2 heterocycles. The zero-order chi connectivity index (χ0) is 20.7. The maximum Gasteiger partial charge on any atom is 0.267 e. The molecule has 0 spiro atoms. The van der Waals surface area contributed by atoms with Crippen LogP contribution in [0.4, 0.5) is 0 Å². The SMILES string of the molecule is O=c1c2c3c(sc2nc(SCc2cccc(Cl)c2)n1-c1ccc(Br)cc1)CCCC3. The fourth-order valence-corrected chi connectivity index (χ4v) is 6.61. The van der Waals surface area contributed by atoms with Crippen molar-refractivity contribution in [3.8, 4) is 5.69 Å². The van der Waals surface area contributed by atoms with Crippen molar-refractivity contribution in [2.75, 3.05) is 0 Å². The van der Waals surface area contributed by atoms with Gasteiger partial charge < -0.3 is 0 Å². The Morgan fingerprint density at radius 3 is 2.73 bits per heavy atom. The fourth-order valence-electron chi connectivity index (χ4n) is 3.88. The lowest BCUT2D eigenvalue weighted by atomic mass is 9.97. The predicted molar refractivity (Wildman–Crippen MR) is 131 cm³/mol. The van der Waals surface area contributed by atoms with Gasteiger partial charge in [-0.2, -0.15) is 0 Å². The molecule has 2 aromatic heterocycles. The summed E-state index contributed by atoms with van der Waals surface area (Å²) in [6, 6.07) is 15.7. The van der Waals surface area contributed by atoms with Gasteiger partial charge in [0.15, 0.2) is 5.16 Å². The van der Waals surface area contributed by atoms with Crippen LogP contribution in [0.25, 0.3) is 15.9 Å². The number of thiophene rings is 1. The smallest absolute Gasteiger partial charge is 0.267 e. The fraction of sp³-hybridized carbons (Fsp3) is 0.217. The van der Waals surface area contributed by atoms with Crippen LogP contribution in [-0.2, 0) is 18.6 Å². The number of hydrogen-bond acceptors (Lipinski definition) is 4. The molecular formula is C23H18BrClN2OS2. The topological polar surface area (TPSA) is 34.9 Å². The van der Waals surface area contributed by atoms with E-state index in [1.165, 1.54) is 16.9 Å². The molecule has 5 rings (SSSR count). The zero-order valence-electron chi connectivity index (χ0n) is 16.0. The molecule has 1 aliphatic carbocycles. The van der Waals surface area contributed by atoms with Crippen LogP contribution in [0.5, 0.6) is 0 Å². The summed E-state index contributed by atoms with van der Waals surface area (Å²) in [7, 11) is 0. The molecule has 152 valence electrons. The maximum absolute atomic E-state index is 13.7. The van der Waals surface area contributed by atoms with Crippen LogP contribution in [0.1, 0.15) is 28.8 Å². The standard InChI is InChI=1S/C23H18BrClN2OS2/c24-15-8-10-17(11-9-15)27-22(28)20-18-6-1-2-7-19(18)30-21(20)26-23(27)29-13-14-4-3-5-16(25)12-14/h3-5,8-12H,1-2,6-7,13H2. The van der Waals surface area contributed by atoms with Crippen molar-refractivity contribution in [1.82, 2.24) is 9.55 Å². The summed E-state index contributed by atoms with van der Waals surface area (Å²) in [6.45, 7) is 0. The Labute approximate surface area is 196 Å². The summed E-state index contributed by atoms with van der Waals surface area (Å²) in [4.78, 5) is 20.9. The van der Waals surface area contributed by atoms with Crippen LogP contribution in [0.2, 0.25) is 5.02 Å². The largest absolute Gasteiger partial charge is 0.268 e. The van der Waals surface area contributed by atoms with Crippen molar-refractivity contribution in [3.05, 3.63) is 84.4 Å². The third-order valence-electron chi connectivity index (χ3n) is 5.30. The number of fused-ring (bicyclic) bond motifs is 3. The van der Waals surface area contributed by atoms with E-state index in [0.717, 1.165) is 45.2 Å². The molecule has 0 atom stereocenters. The highest BCUT2D eigenvalue weighted by atomic mass is 79.9. The molecule has 0 amide bonds. The van der Waals surface area contributed by atoms with Gasteiger partial charge in [0.25, 0.3) is 5.56 Å². The highest BCUT2D eigenvalue weighted by Crippen LogP contribution is 2.35. The summed E-state index contributed by atoms with van der Waals surface area (Å²) in [5.41, 5.74) is 3.20.